The lowest BCUT2D eigenvalue weighted by molar-refractivity contribution is -0.384. The summed E-state index contributed by atoms with van der Waals surface area (Å²) in [5, 5.41) is 30.0. The van der Waals surface area contributed by atoms with Crippen LogP contribution in [0.25, 0.3) is 0 Å². The summed E-state index contributed by atoms with van der Waals surface area (Å²) in [6, 6.07) is -0.0504. The Kier molecular flexibility index (Phi) is 14.7. The number of carboxylic acids is 1. The van der Waals surface area contributed by atoms with Gasteiger partial charge in [-0.25, -0.2) is 0 Å². The number of carbonyl (C=O) groups is 5. The van der Waals surface area contributed by atoms with Crippen LogP contribution in [0.4, 0.5) is 5.69 Å². The second kappa shape index (κ2) is 17.6. The Bertz CT molecular complexity index is 1150. The van der Waals surface area contributed by atoms with Crippen LogP contribution < -0.4 is 31.7 Å². The van der Waals surface area contributed by atoms with Crippen molar-refractivity contribution in [2.45, 2.75) is 57.2 Å². The molecule has 0 aromatic heterocycles. The van der Waals surface area contributed by atoms with E-state index in [0.717, 1.165) is 12.1 Å². The summed E-state index contributed by atoms with van der Waals surface area (Å²) in [6.07, 6.45) is 1.48. The first-order valence-corrected chi connectivity index (χ1v) is 12.5. The molecule has 1 aromatic carbocycles. The number of hydrogen-bond acceptors (Lipinski definition) is 11. The minimum Gasteiger partial charge on any atom is -0.493 e. The third-order valence-electron chi connectivity index (χ3n) is 5.74. The average Bonchev–Trinajstić information content (AvgIpc) is 2.93. The average molecular weight is 581 g/mol. The van der Waals surface area contributed by atoms with Gasteiger partial charge < -0.3 is 36.8 Å². The Hall–Kier alpha value is -4.89. The summed E-state index contributed by atoms with van der Waals surface area (Å²) in [7, 11) is 0. The number of amides is 4. The molecule has 1 aliphatic heterocycles. The van der Waals surface area contributed by atoms with Gasteiger partial charge in [-0.1, -0.05) is 6.92 Å². The van der Waals surface area contributed by atoms with Gasteiger partial charge in [0, 0.05) is 18.6 Å². The van der Waals surface area contributed by atoms with Crippen molar-refractivity contribution in [2.75, 3.05) is 19.7 Å². The van der Waals surface area contributed by atoms with Crippen LogP contribution in [0, 0.1) is 10.1 Å². The number of carbonyl (C=O) groups excluding carboxylic acids is 6. The topological polar surface area (TPSA) is 266 Å². The van der Waals surface area contributed by atoms with Crippen LogP contribution in [0.3, 0.4) is 0 Å². The monoisotopic (exact) mass is 580 g/mol. The van der Waals surface area contributed by atoms with Crippen molar-refractivity contribution in [3.8, 4) is 5.75 Å². The summed E-state index contributed by atoms with van der Waals surface area (Å²) in [5.41, 5.74) is 4.96. The zero-order valence-electron chi connectivity index (χ0n) is 22.2. The van der Waals surface area contributed by atoms with E-state index in [9.17, 15) is 34.1 Å². The molecule has 17 heteroatoms. The number of non-ortho nitro benzene ring substituents is 1. The Labute approximate surface area is 233 Å². The van der Waals surface area contributed by atoms with E-state index in [1.807, 2.05) is 0 Å². The van der Waals surface area contributed by atoms with E-state index < -0.39 is 59.2 Å². The maximum absolute atomic E-state index is 13.1. The molecule has 3 atom stereocenters. The number of nitro groups is 1. The standard InChI is InChI=1S/C23H32N6O9.CO2/c1-2-15-22(34)27-16(5-3-4-9-24)23(35)28-17(21(33)25-12-19(30)31)8-10-38-18-7-6-13(29(36)37)11-14(18)20(32)26-15;2-1-3/h6-7,11,15-17H,2-5,8-10,12,24H2,1H3,(H,25,33)(H,26,32)(H,27,34)(H,28,35)(H,30,31);/t15-,16-,17-;/m0./s1. The van der Waals surface area contributed by atoms with E-state index in [1.54, 1.807) is 6.92 Å². The summed E-state index contributed by atoms with van der Waals surface area (Å²) in [4.78, 5) is 89.5. The fourth-order valence-corrected chi connectivity index (χ4v) is 3.67. The van der Waals surface area contributed by atoms with Crippen molar-refractivity contribution >= 4 is 41.4 Å². The van der Waals surface area contributed by atoms with Crippen molar-refractivity contribution in [1.29, 1.82) is 0 Å². The summed E-state index contributed by atoms with van der Waals surface area (Å²) in [5.74, 6) is -4.29. The number of rotatable bonds is 9. The van der Waals surface area contributed by atoms with Crippen molar-refractivity contribution in [3.05, 3.63) is 33.9 Å². The normalized spacial score (nSPS) is 19.2. The van der Waals surface area contributed by atoms with Crippen LogP contribution in [0.1, 0.15) is 49.4 Å². The third-order valence-corrected chi connectivity index (χ3v) is 5.74. The maximum atomic E-state index is 13.1. The van der Waals surface area contributed by atoms with Crippen LogP contribution in [0.15, 0.2) is 18.2 Å². The minimum absolute atomic E-state index is 0.0453. The van der Waals surface area contributed by atoms with Crippen molar-refractivity contribution in [1.82, 2.24) is 21.3 Å². The molecule has 41 heavy (non-hydrogen) atoms. The van der Waals surface area contributed by atoms with Crippen molar-refractivity contribution in [3.63, 3.8) is 0 Å². The lowest BCUT2D eigenvalue weighted by Gasteiger charge is -2.26. The van der Waals surface area contributed by atoms with Gasteiger partial charge in [-0.2, -0.15) is 9.59 Å². The van der Waals surface area contributed by atoms with E-state index in [1.165, 1.54) is 6.07 Å². The Morgan fingerprint density at radius 3 is 2.39 bits per heavy atom. The zero-order chi connectivity index (χ0) is 30.9. The minimum atomic E-state index is -1.29. The first-order valence-electron chi connectivity index (χ1n) is 12.5. The number of carboxylic acid groups (broad SMARTS) is 1. The molecule has 224 valence electrons. The highest BCUT2D eigenvalue weighted by atomic mass is 16.6. The summed E-state index contributed by atoms with van der Waals surface area (Å²) in [6.45, 7) is 1.09. The fourth-order valence-electron chi connectivity index (χ4n) is 3.67. The lowest BCUT2D eigenvalue weighted by Crippen LogP contribution is -2.57. The fraction of sp³-hybridized carbons (Fsp3) is 0.500. The number of ether oxygens (including phenoxy) is 1. The number of nitro benzene ring substituents is 1. The first-order chi connectivity index (χ1) is 19.5. The van der Waals surface area contributed by atoms with E-state index >= 15 is 0 Å². The van der Waals surface area contributed by atoms with Gasteiger partial charge in [0.25, 0.3) is 11.6 Å². The molecule has 1 aliphatic rings. The molecule has 0 saturated carbocycles. The predicted octanol–water partition coefficient (Wildman–Crippen LogP) is -1.40. The molecule has 0 bridgehead atoms. The van der Waals surface area contributed by atoms with Gasteiger partial charge in [0.05, 0.1) is 17.1 Å². The van der Waals surface area contributed by atoms with Crippen LogP contribution in [0.2, 0.25) is 0 Å². The molecule has 1 aromatic rings. The molecule has 17 nitrogen and oxygen atoms in total. The maximum Gasteiger partial charge on any atom is 0.373 e. The van der Waals surface area contributed by atoms with E-state index in [-0.39, 0.29) is 49.0 Å². The third kappa shape index (κ3) is 11.4. The number of nitrogens with one attached hydrogen (secondary N) is 4. The van der Waals surface area contributed by atoms with Gasteiger partial charge in [0.1, 0.15) is 30.4 Å². The number of hydrogen-bond donors (Lipinski definition) is 6. The molecule has 7 N–H and O–H groups in total. The molecular weight excluding hydrogens is 548 g/mol. The quantitative estimate of drug-likeness (QED) is 0.112. The van der Waals surface area contributed by atoms with E-state index in [4.69, 9.17) is 25.2 Å². The van der Waals surface area contributed by atoms with Crippen LogP contribution in [-0.4, -0.2) is 83.6 Å². The van der Waals surface area contributed by atoms with Gasteiger partial charge in [-0.3, -0.25) is 34.1 Å². The summed E-state index contributed by atoms with van der Waals surface area (Å²) < 4.78 is 5.64. The number of benzene rings is 1. The summed E-state index contributed by atoms with van der Waals surface area (Å²) >= 11 is 0. The molecule has 0 unspecified atom stereocenters. The number of nitrogens with zero attached hydrogens (tertiary/aromatic N) is 1. The highest BCUT2D eigenvalue weighted by Gasteiger charge is 2.31. The van der Waals surface area contributed by atoms with Crippen LogP contribution in [-0.2, 0) is 28.8 Å². The van der Waals surface area contributed by atoms with Crippen molar-refractivity contribution in [2.24, 2.45) is 5.73 Å². The first kappa shape index (κ1) is 34.1. The Morgan fingerprint density at radius 2 is 1.80 bits per heavy atom. The van der Waals surface area contributed by atoms with Gasteiger partial charge in [0.15, 0.2) is 0 Å². The van der Waals surface area contributed by atoms with Gasteiger partial charge in [-0.15, -0.1) is 0 Å². The number of nitrogens with two attached hydrogens (primary N) is 1. The Morgan fingerprint density at radius 1 is 1.15 bits per heavy atom. The van der Waals surface area contributed by atoms with Gasteiger partial charge in [0.2, 0.25) is 17.7 Å². The van der Waals surface area contributed by atoms with E-state index in [0.29, 0.717) is 19.4 Å². The highest BCUT2D eigenvalue weighted by molar-refractivity contribution is 6.01. The molecule has 2 rings (SSSR count). The molecular formula is C24H32N6O11. The van der Waals surface area contributed by atoms with Crippen LogP contribution in [0.5, 0.6) is 5.75 Å². The smallest absolute Gasteiger partial charge is 0.373 e. The molecule has 1 heterocycles. The number of aliphatic carboxylic acids is 1. The molecule has 0 radical (unpaired) electrons. The largest absolute Gasteiger partial charge is 0.493 e. The highest BCUT2D eigenvalue weighted by Crippen LogP contribution is 2.25. The number of fused-ring (bicyclic) bond motifs is 1. The second-order valence-corrected chi connectivity index (χ2v) is 8.61. The van der Waals surface area contributed by atoms with E-state index in [2.05, 4.69) is 21.3 Å². The number of unbranched alkanes of at least 4 members (excludes halogenated alkanes) is 1. The molecule has 0 fully saturated rings. The molecule has 4 amide bonds. The molecule has 0 saturated heterocycles. The molecule has 0 spiro atoms. The molecule has 0 aliphatic carbocycles. The predicted molar refractivity (Wildman–Crippen MR) is 137 cm³/mol. The van der Waals surface area contributed by atoms with Crippen LogP contribution >= 0.6 is 0 Å². The second-order valence-electron chi connectivity index (χ2n) is 8.61. The Balaban J connectivity index is 0.00000268. The van der Waals surface area contributed by atoms with Crippen molar-refractivity contribution < 1.29 is 48.3 Å². The lowest BCUT2D eigenvalue weighted by atomic mass is 10.1. The zero-order valence-corrected chi connectivity index (χ0v) is 22.2. The van der Waals surface area contributed by atoms with Gasteiger partial charge in [-0.05, 0) is 38.3 Å². The van der Waals surface area contributed by atoms with Gasteiger partial charge >= 0.3 is 12.1 Å². The SMILES string of the molecule is CC[C@@H]1NC(=O)c2cc([N+](=O)[O-])ccc2OCC[C@@H](C(=O)NCC(=O)O)NC(=O)[C@H](CCCCN)NC1=O.O=C=O.